The Hall–Kier alpha value is -1.27. The van der Waals surface area contributed by atoms with Crippen LogP contribution in [0.25, 0.3) is 0 Å². The van der Waals surface area contributed by atoms with Crippen molar-refractivity contribution in [3.8, 4) is 5.75 Å². The van der Waals surface area contributed by atoms with Crippen LogP contribution in [0.3, 0.4) is 0 Å². The molecule has 1 heterocycles. The minimum Gasteiger partial charge on any atom is -0.492 e. The predicted octanol–water partition coefficient (Wildman–Crippen LogP) is 2.35. The molecule has 1 saturated heterocycles. The Morgan fingerprint density at radius 2 is 2.33 bits per heavy atom. The number of rotatable bonds is 8. The van der Waals surface area contributed by atoms with E-state index in [0.717, 1.165) is 42.8 Å². The summed E-state index contributed by atoms with van der Waals surface area (Å²) in [6, 6.07) is 5.98. The molecular weight excluding hydrogens is 334 g/mol. The molecule has 1 aliphatic rings. The summed E-state index contributed by atoms with van der Waals surface area (Å²) in [5, 5.41) is 6.16. The number of carbonyl (C=O) groups is 1. The van der Waals surface area contributed by atoms with Gasteiger partial charge in [-0.15, -0.1) is 0 Å². The molecule has 0 spiro atoms. The van der Waals surface area contributed by atoms with Gasteiger partial charge in [-0.05, 0) is 36.7 Å². The van der Waals surface area contributed by atoms with E-state index in [2.05, 4.69) is 33.5 Å². The molecule has 1 aliphatic heterocycles. The lowest BCUT2D eigenvalue weighted by molar-refractivity contribution is 0.202. The smallest absolute Gasteiger partial charge is 0.317 e. The van der Waals surface area contributed by atoms with Gasteiger partial charge < -0.3 is 20.3 Å². The lowest BCUT2D eigenvalue weighted by Crippen LogP contribution is -2.31. The molecule has 1 aromatic rings. The zero-order valence-electron chi connectivity index (χ0n) is 12.3. The zero-order chi connectivity index (χ0) is 15.1. The number of nitrogens with zero attached hydrogens (tertiary/aromatic N) is 1. The van der Waals surface area contributed by atoms with Crippen LogP contribution in [0.1, 0.15) is 18.9 Å². The lowest BCUT2D eigenvalue weighted by atomic mass is 10.2. The fourth-order valence-electron chi connectivity index (χ4n) is 2.17. The summed E-state index contributed by atoms with van der Waals surface area (Å²) < 4.78 is 6.83. The standard InChI is InChI=1S/C15H22BrN3O2/c1-2-5-17-11-12-10-13(3-4-14(12)16)21-9-8-19-7-6-18-15(19)20/h3-4,10,17H,2,5-9,11H2,1H3,(H,18,20). The van der Waals surface area contributed by atoms with Crippen LogP contribution in [-0.4, -0.2) is 43.7 Å². The number of ether oxygens (including phenoxy) is 1. The van der Waals surface area contributed by atoms with Crippen LogP contribution >= 0.6 is 15.9 Å². The minimum absolute atomic E-state index is 0.00105. The van der Waals surface area contributed by atoms with Gasteiger partial charge in [0, 0.05) is 24.1 Å². The van der Waals surface area contributed by atoms with Crippen molar-refractivity contribution in [1.29, 1.82) is 0 Å². The third-order valence-corrected chi connectivity index (χ3v) is 4.11. The average molecular weight is 356 g/mol. The summed E-state index contributed by atoms with van der Waals surface area (Å²) >= 11 is 3.56. The number of amides is 2. The predicted molar refractivity (Wildman–Crippen MR) is 86.6 cm³/mol. The Morgan fingerprint density at radius 1 is 1.48 bits per heavy atom. The van der Waals surface area contributed by atoms with E-state index < -0.39 is 0 Å². The number of benzene rings is 1. The van der Waals surface area contributed by atoms with Gasteiger partial charge in [-0.25, -0.2) is 4.79 Å². The molecular formula is C15H22BrN3O2. The van der Waals surface area contributed by atoms with Crippen molar-refractivity contribution < 1.29 is 9.53 Å². The van der Waals surface area contributed by atoms with Crippen LogP contribution in [0.2, 0.25) is 0 Å². The second-order valence-electron chi connectivity index (χ2n) is 5.00. The van der Waals surface area contributed by atoms with Gasteiger partial charge in [0.1, 0.15) is 12.4 Å². The average Bonchev–Trinajstić information content (AvgIpc) is 2.88. The van der Waals surface area contributed by atoms with Gasteiger partial charge in [-0.2, -0.15) is 0 Å². The van der Waals surface area contributed by atoms with Gasteiger partial charge in [0.15, 0.2) is 0 Å². The maximum absolute atomic E-state index is 11.4. The largest absolute Gasteiger partial charge is 0.492 e. The summed E-state index contributed by atoms with van der Waals surface area (Å²) in [7, 11) is 0. The molecule has 0 bridgehead atoms. The first-order valence-corrected chi connectivity index (χ1v) is 8.14. The van der Waals surface area contributed by atoms with Crippen LogP contribution in [0.5, 0.6) is 5.75 Å². The molecule has 0 aliphatic carbocycles. The third-order valence-electron chi connectivity index (χ3n) is 3.33. The van der Waals surface area contributed by atoms with Crippen molar-refractivity contribution in [2.24, 2.45) is 0 Å². The highest BCUT2D eigenvalue weighted by Crippen LogP contribution is 2.22. The van der Waals surface area contributed by atoms with E-state index in [-0.39, 0.29) is 6.03 Å². The zero-order valence-corrected chi connectivity index (χ0v) is 13.9. The summed E-state index contributed by atoms with van der Waals surface area (Å²) in [6.45, 7) is 6.58. The highest BCUT2D eigenvalue weighted by Gasteiger charge is 2.18. The second kappa shape index (κ2) is 8.24. The van der Waals surface area contributed by atoms with Crippen molar-refractivity contribution in [3.63, 3.8) is 0 Å². The Bertz CT molecular complexity index is 482. The molecule has 2 amide bonds. The van der Waals surface area contributed by atoms with Gasteiger partial charge in [0.05, 0.1) is 6.54 Å². The van der Waals surface area contributed by atoms with Crippen molar-refractivity contribution in [2.45, 2.75) is 19.9 Å². The minimum atomic E-state index is -0.00105. The van der Waals surface area contributed by atoms with Crippen LogP contribution < -0.4 is 15.4 Å². The molecule has 6 heteroatoms. The highest BCUT2D eigenvalue weighted by atomic mass is 79.9. The first kappa shape index (κ1) is 16.1. The van der Waals surface area contributed by atoms with Crippen molar-refractivity contribution in [1.82, 2.24) is 15.5 Å². The summed E-state index contributed by atoms with van der Waals surface area (Å²) in [6.07, 6.45) is 1.12. The summed E-state index contributed by atoms with van der Waals surface area (Å²) in [5.74, 6) is 0.839. The van der Waals surface area contributed by atoms with E-state index in [1.807, 2.05) is 18.2 Å². The van der Waals surface area contributed by atoms with E-state index in [1.54, 1.807) is 4.90 Å². The van der Waals surface area contributed by atoms with Crippen LogP contribution in [0.15, 0.2) is 22.7 Å². The van der Waals surface area contributed by atoms with E-state index in [1.165, 1.54) is 5.56 Å². The summed E-state index contributed by atoms with van der Waals surface area (Å²) in [5.41, 5.74) is 1.18. The third kappa shape index (κ3) is 4.89. The quantitative estimate of drug-likeness (QED) is 0.703. The Balaban J connectivity index is 1.82. The van der Waals surface area contributed by atoms with Gasteiger partial charge in [-0.3, -0.25) is 0 Å². The molecule has 5 nitrogen and oxygen atoms in total. The van der Waals surface area contributed by atoms with Gasteiger partial charge in [0.2, 0.25) is 0 Å². The number of hydrogen-bond acceptors (Lipinski definition) is 3. The van der Waals surface area contributed by atoms with E-state index in [4.69, 9.17) is 4.74 Å². The molecule has 2 N–H and O–H groups in total. The second-order valence-corrected chi connectivity index (χ2v) is 5.85. The van der Waals surface area contributed by atoms with Crippen LogP contribution in [0.4, 0.5) is 4.79 Å². The molecule has 0 saturated carbocycles. The topological polar surface area (TPSA) is 53.6 Å². The molecule has 1 fully saturated rings. The van der Waals surface area contributed by atoms with Gasteiger partial charge >= 0.3 is 6.03 Å². The first-order chi connectivity index (χ1) is 10.2. The summed E-state index contributed by atoms with van der Waals surface area (Å²) in [4.78, 5) is 13.2. The number of halogens is 1. The molecule has 2 rings (SSSR count). The number of nitrogens with one attached hydrogen (secondary N) is 2. The van der Waals surface area contributed by atoms with Gasteiger partial charge in [-0.1, -0.05) is 22.9 Å². The number of carbonyl (C=O) groups excluding carboxylic acids is 1. The van der Waals surface area contributed by atoms with Crippen molar-refractivity contribution in [2.75, 3.05) is 32.8 Å². The SMILES string of the molecule is CCCNCc1cc(OCCN2CCNC2=O)ccc1Br. The van der Waals surface area contributed by atoms with Crippen LogP contribution in [-0.2, 0) is 6.54 Å². The first-order valence-electron chi connectivity index (χ1n) is 7.35. The maximum Gasteiger partial charge on any atom is 0.317 e. The Kier molecular flexibility index (Phi) is 6.32. The fraction of sp³-hybridized carbons (Fsp3) is 0.533. The van der Waals surface area contributed by atoms with Crippen LogP contribution in [0, 0.1) is 0 Å². The number of hydrogen-bond donors (Lipinski definition) is 2. The van der Waals surface area contributed by atoms with E-state index in [0.29, 0.717) is 13.2 Å². The molecule has 116 valence electrons. The molecule has 1 aromatic carbocycles. The van der Waals surface area contributed by atoms with Crippen molar-refractivity contribution in [3.05, 3.63) is 28.2 Å². The van der Waals surface area contributed by atoms with E-state index in [9.17, 15) is 4.79 Å². The maximum atomic E-state index is 11.4. The Labute approximate surface area is 134 Å². The normalized spacial score (nSPS) is 14.4. The molecule has 0 unspecified atom stereocenters. The molecule has 0 atom stereocenters. The monoisotopic (exact) mass is 355 g/mol. The van der Waals surface area contributed by atoms with E-state index >= 15 is 0 Å². The number of urea groups is 1. The Morgan fingerprint density at radius 3 is 3.05 bits per heavy atom. The molecule has 0 aromatic heterocycles. The molecule has 21 heavy (non-hydrogen) atoms. The van der Waals surface area contributed by atoms with Crippen molar-refractivity contribution >= 4 is 22.0 Å². The molecule has 0 radical (unpaired) electrons. The lowest BCUT2D eigenvalue weighted by Gasteiger charge is -2.15. The highest BCUT2D eigenvalue weighted by molar-refractivity contribution is 9.10. The van der Waals surface area contributed by atoms with Gasteiger partial charge in [0.25, 0.3) is 0 Å². The fourth-order valence-corrected chi connectivity index (χ4v) is 2.56.